The maximum Gasteiger partial charge on any atom is 0.0575 e. The summed E-state index contributed by atoms with van der Waals surface area (Å²) in [6.07, 6.45) is 4.02. The van der Waals surface area contributed by atoms with Gasteiger partial charge in [-0.25, -0.2) is 0 Å². The molecule has 0 radical (unpaired) electrons. The smallest absolute Gasteiger partial charge is 0.0575 e. The molecule has 0 bridgehead atoms. The summed E-state index contributed by atoms with van der Waals surface area (Å²) < 4.78 is 1.98. The fourth-order valence-corrected chi connectivity index (χ4v) is 2.42. The Morgan fingerprint density at radius 3 is 2.57 bits per heavy atom. The van der Waals surface area contributed by atoms with Crippen molar-refractivity contribution in [2.45, 2.75) is 20.4 Å². The van der Waals surface area contributed by atoms with E-state index in [1.165, 1.54) is 15.3 Å². The van der Waals surface area contributed by atoms with Crippen molar-refractivity contribution in [1.82, 2.24) is 4.68 Å². The van der Waals surface area contributed by atoms with E-state index in [2.05, 4.69) is 25.3 Å². The molecule has 0 fully saturated rings. The van der Waals surface area contributed by atoms with Gasteiger partial charge in [0.1, 0.15) is 0 Å². The molecule has 2 heterocycles. The molecular weight excluding hydrogens is 192 g/mol. The van der Waals surface area contributed by atoms with Gasteiger partial charge in [0.25, 0.3) is 0 Å². The second kappa shape index (κ2) is 3.88. The van der Waals surface area contributed by atoms with Gasteiger partial charge in [-0.05, 0) is 37.6 Å². The van der Waals surface area contributed by atoms with Crippen LogP contribution in [0.2, 0.25) is 0 Å². The number of nitrogens with zero attached hydrogens (tertiary/aromatic N) is 1. The predicted octanol–water partition coefficient (Wildman–Crippen LogP) is 2.91. The first kappa shape index (κ1) is 9.34. The zero-order valence-electron chi connectivity index (χ0n) is 8.45. The van der Waals surface area contributed by atoms with Crippen LogP contribution in [-0.4, -0.2) is 4.68 Å². The standard InChI is InChI=1S/C11H14N2S/c1-9-7-11(10(2)14-9)8-12-13-5-3-4-6-13/h3-7,12H,8H2,1-2H3. The minimum Gasteiger partial charge on any atom is -0.322 e. The lowest BCUT2D eigenvalue weighted by molar-refractivity contribution is 0.846. The lowest BCUT2D eigenvalue weighted by atomic mass is 10.2. The quantitative estimate of drug-likeness (QED) is 0.817. The Kier molecular flexibility index (Phi) is 2.59. The first-order valence-electron chi connectivity index (χ1n) is 4.68. The summed E-state index contributed by atoms with van der Waals surface area (Å²) in [7, 11) is 0. The summed E-state index contributed by atoms with van der Waals surface area (Å²) in [5.74, 6) is 0. The van der Waals surface area contributed by atoms with Crippen molar-refractivity contribution in [3.8, 4) is 0 Å². The largest absolute Gasteiger partial charge is 0.322 e. The number of aromatic nitrogens is 1. The van der Waals surface area contributed by atoms with Crippen molar-refractivity contribution in [2.75, 3.05) is 5.43 Å². The molecule has 2 aromatic heterocycles. The summed E-state index contributed by atoms with van der Waals surface area (Å²) in [4.78, 5) is 2.79. The molecule has 0 spiro atoms. The van der Waals surface area contributed by atoms with E-state index in [4.69, 9.17) is 0 Å². The van der Waals surface area contributed by atoms with Crippen LogP contribution in [-0.2, 0) is 6.54 Å². The molecule has 0 saturated heterocycles. The third-order valence-corrected chi connectivity index (χ3v) is 3.21. The summed E-state index contributed by atoms with van der Waals surface area (Å²) in [6.45, 7) is 5.21. The van der Waals surface area contributed by atoms with Crippen molar-refractivity contribution >= 4 is 11.3 Å². The molecule has 0 aliphatic rings. The van der Waals surface area contributed by atoms with Gasteiger partial charge in [-0.15, -0.1) is 11.3 Å². The summed E-state index contributed by atoms with van der Waals surface area (Å²) in [5.41, 5.74) is 4.71. The molecule has 0 unspecified atom stereocenters. The predicted molar refractivity (Wildman–Crippen MR) is 61.3 cm³/mol. The van der Waals surface area contributed by atoms with Gasteiger partial charge in [-0.1, -0.05) is 0 Å². The van der Waals surface area contributed by atoms with Gasteiger partial charge in [0.05, 0.1) is 6.54 Å². The SMILES string of the molecule is Cc1cc(CNn2cccc2)c(C)s1. The van der Waals surface area contributed by atoms with E-state index < -0.39 is 0 Å². The molecule has 2 rings (SSSR count). The van der Waals surface area contributed by atoms with E-state index in [-0.39, 0.29) is 0 Å². The number of rotatable bonds is 3. The van der Waals surface area contributed by atoms with E-state index in [0.717, 1.165) is 6.54 Å². The van der Waals surface area contributed by atoms with Crippen molar-refractivity contribution in [3.05, 3.63) is 45.9 Å². The second-order valence-electron chi connectivity index (χ2n) is 3.36. The van der Waals surface area contributed by atoms with Crippen LogP contribution in [0.3, 0.4) is 0 Å². The topological polar surface area (TPSA) is 17.0 Å². The molecule has 2 aromatic rings. The number of hydrogen-bond acceptors (Lipinski definition) is 2. The van der Waals surface area contributed by atoms with Gasteiger partial charge in [-0.3, -0.25) is 4.68 Å². The highest BCUT2D eigenvalue weighted by molar-refractivity contribution is 7.12. The molecule has 0 atom stereocenters. The molecule has 1 N–H and O–H groups in total. The van der Waals surface area contributed by atoms with Gasteiger partial charge in [0.15, 0.2) is 0 Å². The van der Waals surface area contributed by atoms with Gasteiger partial charge in [0.2, 0.25) is 0 Å². The van der Waals surface area contributed by atoms with Crippen LogP contribution in [0.25, 0.3) is 0 Å². The average molecular weight is 206 g/mol. The van der Waals surface area contributed by atoms with Crippen molar-refractivity contribution in [2.24, 2.45) is 0 Å². The molecule has 74 valence electrons. The third-order valence-electron chi connectivity index (χ3n) is 2.20. The molecule has 3 heteroatoms. The first-order valence-corrected chi connectivity index (χ1v) is 5.50. The van der Waals surface area contributed by atoms with Gasteiger partial charge in [0, 0.05) is 22.1 Å². The Balaban J connectivity index is 2.01. The maximum absolute atomic E-state index is 3.32. The monoisotopic (exact) mass is 206 g/mol. The highest BCUT2D eigenvalue weighted by Gasteiger charge is 2.01. The Morgan fingerprint density at radius 2 is 2.00 bits per heavy atom. The van der Waals surface area contributed by atoms with Gasteiger partial charge in [-0.2, -0.15) is 0 Å². The second-order valence-corrected chi connectivity index (χ2v) is 4.82. The Bertz CT molecular complexity index is 401. The van der Waals surface area contributed by atoms with Crippen molar-refractivity contribution < 1.29 is 0 Å². The number of thiophene rings is 1. The minimum atomic E-state index is 0.894. The molecule has 0 saturated carbocycles. The summed E-state index contributed by atoms with van der Waals surface area (Å²) in [6, 6.07) is 6.27. The summed E-state index contributed by atoms with van der Waals surface area (Å²) >= 11 is 1.86. The van der Waals surface area contributed by atoms with Crippen molar-refractivity contribution in [1.29, 1.82) is 0 Å². The van der Waals surface area contributed by atoms with Crippen LogP contribution in [0.4, 0.5) is 0 Å². The van der Waals surface area contributed by atoms with E-state index in [1.54, 1.807) is 0 Å². The lowest BCUT2D eigenvalue weighted by Crippen LogP contribution is -2.11. The fourth-order valence-electron chi connectivity index (χ4n) is 1.48. The van der Waals surface area contributed by atoms with Crippen LogP contribution in [0, 0.1) is 13.8 Å². The minimum absolute atomic E-state index is 0.894. The Morgan fingerprint density at radius 1 is 1.29 bits per heavy atom. The van der Waals surface area contributed by atoms with Crippen LogP contribution >= 0.6 is 11.3 Å². The normalized spacial score (nSPS) is 10.4. The third kappa shape index (κ3) is 1.99. The molecule has 14 heavy (non-hydrogen) atoms. The fraction of sp³-hybridized carbons (Fsp3) is 0.273. The first-order chi connectivity index (χ1) is 6.75. The van der Waals surface area contributed by atoms with Crippen LogP contribution < -0.4 is 5.43 Å². The maximum atomic E-state index is 3.32. The van der Waals surface area contributed by atoms with Crippen LogP contribution in [0.5, 0.6) is 0 Å². The van der Waals surface area contributed by atoms with Crippen LogP contribution in [0.15, 0.2) is 30.6 Å². The molecular formula is C11H14N2S. The molecule has 2 nitrogen and oxygen atoms in total. The molecule has 0 amide bonds. The lowest BCUT2D eigenvalue weighted by Gasteiger charge is -2.06. The van der Waals surface area contributed by atoms with Crippen molar-refractivity contribution in [3.63, 3.8) is 0 Å². The van der Waals surface area contributed by atoms with Gasteiger partial charge < -0.3 is 5.43 Å². The number of hydrogen-bond donors (Lipinski definition) is 1. The average Bonchev–Trinajstić information content (AvgIpc) is 2.72. The van der Waals surface area contributed by atoms with Crippen LogP contribution in [0.1, 0.15) is 15.3 Å². The molecule has 0 aromatic carbocycles. The zero-order chi connectivity index (χ0) is 9.97. The molecule has 0 aliphatic heterocycles. The van der Waals surface area contributed by atoms with E-state index in [9.17, 15) is 0 Å². The number of aryl methyl sites for hydroxylation is 2. The summed E-state index contributed by atoms with van der Waals surface area (Å²) in [5, 5.41) is 0. The van der Waals surface area contributed by atoms with E-state index in [0.29, 0.717) is 0 Å². The zero-order valence-corrected chi connectivity index (χ0v) is 9.27. The molecule has 0 aliphatic carbocycles. The van der Waals surface area contributed by atoms with Gasteiger partial charge >= 0.3 is 0 Å². The Labute approximate surface area is 88.2 Å². The number of nitrogens with one attached hydrogen (secondary N) is 1. The van der Waals surface area contributed by atoms with E-state index >= 15 is 0 Å². The highest BCUT2D eigenvalue weighted by atomic mass is 32.1. The van der Waals surface area contributed by atoms with E-state index in [1.807, 2.05) is 40.5 Å². The highest BCUT2D eigenvalue weighted by Crippen LogP contribution is 2.20. The Hall–Kier alpha value is -1.22.